The van der Waals surface area contributed by atoms with Crippen LogP contribution in [0, 0.1) is 5.41 Å². The van der Waals surface area contributed by atoms with Gasteiger partial charge in [-0.2, -0.15) is 5.10 Å². The average Bonchev–Trinajstić information content (AvgIpc) is 3.21. The first-order valence-electron chi connectivity index (χ1n) is 9.53. The van der Waals surface area contributed by atoms with Gasteiger partial charge in [0.15, 0.2) is 5.82 Å². The molecule has 0 amide bonds. The zero-order valence-corrected chi connectivity index (χ0v) is 17.1. The summed E-state index contributed by atoms with van der Waals surface area (Å²) in [6.07, 6.45) is 3.23. The van der Waals surface area contributed by atoms with Gasteiger partial charge in [-0.15, -0.1) is 0 Å². The van der Waals surface area contributed by atoms with Crippen LogP contribution in [0.3, 0.4) is 0 Å². The van der Waals surface area contributed by atoms with Crippen LogP contribution in [0.25, 0.3) is 11.3 Å². The van der Waals surface area contributed by atoms with E-state index in [0.717, 1.165) is 16.9 Å². The molecular formula is C20H26N8O. The first-order chi connectivity index (χ1) is 14.0. The molecule has 9 nitrogen and oxygen atoms in total. The van der Waals surface area contributed by atoms with Crippen molar-refractivity contribution in [2.75, 3.05) is 17.2 Å². The summed E-state index contributed by atoms with van der Waals surface area (Å²) >= 11 is 0. The van der Waals surface area contributed by atoms with Crippen LogP contribution in [0.1, 0.15) is 39.2 Å². The number of nitrogens with zero attached hydrogens (tertiary/aromatic N) is 4. The van der Waals surface area contributed by atoms with E-state index in [2.05, 4.69) is 30.8 Å². The van der Waals surface area contributed by atoms with Crippen molar-refractivity contribution in [3.05, 3.63) is 42.2 Å². The van der Waals surface area contributed by atoms with E-state index in [-0.39, 0.29) is 6.04 Å². The molecule has 0 aliphatic rings. The second-order valence-corrected chi connectivity index (χ2v) is 6.76. The maximum Gasteiger partial charge on any atom is 0.222 e. The van der Waals surface area contributed by atoms with Crippen LogP contribution < -0.4 is 15.4 Å². The maximum absolute atomic E-state index is 8.28. The van der Waals surface area contributed by atoms with E-state index in [1.165, 1.54) is 0 Å². The van der Waals surface area contributed by atoms with Gasteiger partial charge in [0.2, 0.25) is 5.88 Å². The summed E-state index contributed by atoms with van der Waals surface area (Å²) in [5, 5.41) is 21.9. The highest BCUT2D eigenvalue weighted by atomic mass is 16.5. The quantitative estimate of drug-likeness (QED) is 0.410. The highest BCUT2D eigenvalue weighted by Crippen LogP contribution is 2.34. The Kier molecular flexibility index (Phi) is 6.38. The summed E-state index contributed by atoms with van der Waals surface area (Å²) in [6, 6.07) is 5.86. The van der Waals surface area contributed by atoms with E-state index in [1.807, 2.05) is 39.0 Å². The van der Waals surface area contributed by atoms with E-state index in [4.69, 9.17) is 15.1 Å². The van der Waals surface area contributed by atoms with Crippen LogP contribution in [-0.2, 0) is 6.54 Å². The summed E-state index contributed by atoms with van der Waals surface area (Å²) in [4.78, 5) is 13.3. The molecule has 0 spiro atoms. The van der Waals surface area contributed by atoms with Crippen molar-refractivity contribution < 1.29 is 4.74 Å². The molecule has 3 aromatic rings. The Morgan fingerprint density at radius 2 is 2.14 bits per heavy atom. The second-order valence-electron chi connectivity index (χ2n) is 6.76. The summed E-state index contributed by atoms with van der Waals surface area (Å²) in [5.41, 5.74) is 3.96. The summed E-state index contributed by atoms with van der Waals surface area (Å²) < 4.78 is 5.68. The number of ether oxygens (including phenoxy) is 1. The fraction of sp³-hybridized carbons (Fsp3) is 0.350. The van der Waals surface area contributed by atoms with Gasteiger partial charge in [0, 0.05) is 12.2 Å². The van der Waals surface area contributed by atoms with Gasteiger partial charge in [-0.3, -0.25) is 5.10 Å². The molecule has 9 heteroatoms. The Labute approximate surface area is 169 Å². The molecule has 29 heavy (non-hydrogen) atoms. The number of H-pyrrole nitrogens is 1. The van der Waals surface area contributed by atoms with Crippen molar-refractivity contribution in [3.63, 3.8) is 0 Å². The third-order valence-electron chi connectivity index (χ3n) is 4.04. The van der Waals surface area contributed by atoms with Gasteiger partial charge in [0.25, 0.3) is 0 Å². The van der Waals surface area contributed by atoms with E-state index < -0.39 is 0 Å². The molecule has 0 fully saturated rings. The molecule has 0 atom stereocenters. The molecule has 3 aromatic heterocycles. The lowest BCUT2D eigenvalue weighted by Gasteiger charge is -2.20. The van der Waals surface area contributed by atoms with Crippen LogP contribution in [-0.4, -0.2) is 43.5 Å². The third kappa shape index (κ3) is 4.87. The first kappa shape index (κ1) is 20.2. The van der Waals surface area contributed by atoms with Crippen LogP contribution in [0.5, 0.6) is 5.88 Å². The van der Waals surface area contributed by atoms with E-state index in [0.29, 0.717) is 42.0 Å². The predicted molar refractivity (Wildman–Crippen MR) is 114 cm³/mol. The number of pyridine rings is 2. The van der Waals surface area contributed by atoms with Crippen molar-refractivity contribution in [1.29, 1.82) is 5.41 Å². The van der Waals surface area contributed by atoms with Gasteiger partial charge < -0.3 is 20.8 Å². The highest BCUT2D eigenvalue weighted by molar-refractivity contribution is 6.03. The molecule has 0 unspecified atom stereocenters. The second kappa shape index (κ2) is 9.13. The number of hydrogen-bond donors (Lipinski definition) is 4. The van der Waals surface area contributed by atoms with Crippen LogP contribution in [0.15, 0.2) is 30.7 Å². The molecule has 4 N–H and O–H groups in total. The third-order valence-corrected chi connectivity index (χ3v) is 4.04. The highest BCUT2D eigenvalue weighted by Gasteiger charge is 2.18. The SMILES string of the molecule is CCOc1ncccc1-c1cc(NCc2nc[nH]n2)c(NC(C)C)c(C(C)=N)n1. The monoisotopic (exact) mass is 394 g/mol. The average molecular weight is 394 g/mol. The Balaban J connectivity index is 2.11. The molecule has 0 saturated heterocycles. The van der Waals surface area contributed by atoms with Gasteiger partial charge in [-0.1, -0.05) is 0 Å². The van der Waals surface area contributed by atoms with E-state index in [9.17, 15) is 0 Å². The van der Waals surface area contributed by atoms with Crippen molar-refractivity contribution in [3.8, 4) is 17.1 Å². The minimum Gasteiger partial charge on any atom is -0.477 e. The number of anilines is 2. The summed E-state index contributed by atoms with van der Waals surface area (Å²) in [5.74, 6) is 1.16. The Hall–Kier alpha value is -3.49. The largest absolute Gasteiger partial charge is 0.477 e. The topological polar surface area (TPSA) is 124 Å². The van der Waals surface area contributed by atoms with Crippen LogP contribution >= 0.6 is 0 Å². The van der Waals surface area contributed by atoms with Gasteiger partial charge in [-0.05, 0) is 45.9 Å². The molecule has 0 aliphatic heterocycles. The molecule has 0 radical (unpaired) electrons. The maximum atomic E-state index is 8.28. The lowest BCUT2D eigenvalue weighted by atomic mass is 10.1. The molecule has 3 heterocycles. The summed E-state index contributed by atoms with van der Waals surface area (Å²) in [7, 11) is 0. The first-order valence-corrected chi connectivity index (χ1v) is 9.53. The zero-order valence-electron chi connectivity index (χ0n) is 17.1. The lowest BCUT2D eigenvalue weighted by Crippen LogP contribution is -2.17. The van der Waals surface area contributed by atoms with Crippen molar-refractivity contribution in [2.45, 2.75) is 40.3 Å². The molecular weight excluding hydrogens is 368 g/mol. The molecule has 0 aliphatic carbocycles. The fourth-order valence-corrected chi connectivity index (χ4v) is 2.86. The van der Waals surface area contributed by atoms with Crippen molar-refractivity contribution in [2.24, 2.45) is 0 Å². The Morgan fingerprint density at radius 1 is 1.31 bits per heavy atom. The number of hydrogen-bond acceptors (Lipinski definition) is 8. The van der Waals surface area contributed by atoms with Gasteiger partial charge >= 0.3 is 0 Å². The Morgan fingerprint density at radius 3 is 2.79 bits per heavy atom. The molecule has 0 aromatic carbocycles. The molecule has 0 bridgehead atoms. The zero-order chi connectivity index (χ0) is 20.8. The molecule has 152 valence electrons. The minimum atomic E-state index is 0.169. The fourth-order valence-electron chi connectivity index (χ4n) is 2.86. The van der Waals surface area contributed by atoms with Crippen LogP contribution in [0.4, 0.5) is 11.4 Å². The number of aromatic nitrogens is 5. The van der Waals surface area contributed by atoms with Gasteiger partial charge in [0.1, 0.15) is 12.0 Å². The van der Waals surface area contributed by atoms with Gasteiger partial charge in [-0.25, -0.2) is 15.0 Å². The van der Waals surface area contributed by atoms with Crippen molar-refractivity contribution in [1.82, 2.24) is 25.1 Å². The lowest BCUT2D eigenvalue weighted by molar-refractivity contribution is 0.328. The van der Waals surface area contributed by atoms with Crippen molar-refractivity contribution >= 4 is 17.1 Å². The number of aromatic amines is 1. The van der Waals surface area contributed by atoms with Gasteiger partial charge in [0.05, 0.1) is 41.5 Å². The van der Waals surface area contributed by atoms with E-state index in [1.54, 1.807) is 19.4 Å². The minimum absolute atomic E-state index is 0.169. The number of nitrogens with one attached hydrogen (secondary N) is 4. The van der Waals surface area contributed by atoms with E-state index >= 15 is 0 Å². The number of rotatable bonds is 9. The Bertz CT molecular complexity index is 969. The normalized spacial score (nSPS) is 10.8. The molecule has 3 rings (SSSR count). The summed E-state index contributed by atoms with van der Waals surface area (Å²) in [6.45, 7) is 8.67. The van der Waals surface area contributed by atoms with Crippen LogP contribution in [0.2, 0.25) is 0 Å². The smallest absolute Gasteiger partial charge is 0.222 e. The molecule has 0 saturated carbocycles. The predicted octanol–water partition coefficient (Wildman–Crippen LogP) is 3.48. The standard InChI is InChI=1S/C20H26N8O/c1-5-29-20-14(7-6-8-22-20)15-9-16(23-10-17-24-11-25-28-17)19(26-12(2)3)18(27-15)13(4)21/h6-9,11-12,21,26H,5,10H2,1-4H3,(H,23,27)(H,24,25,28).